The van der Waals surface area contributed by atoms with Gasteiger partial charge in [-0.3, -0.25) is 9.55 Å². The molecule has 0 radical (unpaired) electrons. The van der Waals surface area contributed by atoms with Gasteiger partial charge in [-0.15, -0.1) is 10.2 Å². The van der Waals surface area contributed by atoms with Crippen LogP contribution in [0.1, 0.15) is 0 Å². The molecule has 0 amide bonds. The third-order valence-electron chi connectivity index (χ3n) is 2.84. The van der Waals surface area contributed by atoms with E-state index in [2.05, 4.69) is 15.2 Å². The van der Waals surface area contributed by atoms with Crippen LogP contribution in [0.3, 0.4) is 0 Å². The lowest BCUT2D eigenvalue weighted by Gasteiger charge is -2.09. The van der Waals surface area contributed by atoms with Crippen LogP contribution in [0.4, 0.5) is 0 Å². The number of nitrogens with two attached hydrogens (primary N) is 1. The molecule has 1 aromatic carbocycles. The zero-order valence-electron chi connectivity index (χ0n) is 10.8. The molecule has 0 bridgehead atoms. The fourth-order valence-electron chi connectivity index (χ4n) is 1.95. The Morgan fingerprint density at radius 3 is 2.24 bits per heavy atom. The highest BCUT2D eigenvalue weighted by Gasteiger charge is 2.23. The molecule has 0 spiro atoms. The maximum absolute atomic E-state index is 11.7. The van der Waals surface area contributed by atoms with Gasteiger partial charge in [0, 0.05) is 23.6 Å². The van der Waals surface area contributed by atoms with E-state index in [0.29, 0.717) is 17.1 Å². The van der Waals surface area contributed by atoms with Crippen molar-refractivity contribution in [2.75, 3.05) is 0 Å². The summed E-state index contributed by atoms with van der Waals surface area (Å²) in [5.74, 6) is 0.382. The molecular weight excluding hydrogens is 290 g/mol. The van der Waals surface area contributed by atoms with Crippen LogP contribution in [0.25, 0.3) is 17.1 Å². The lowest BCUT2D eigenvalue weighted by molar-refractivity contribution is 0.585. The molecule has 0 unspecified atom stereocenters. The van der Waals surface area contributed by atoms with Crippen LogP contribution in [0.15, 0.2) is 60.0 Å². The molecule has 3 aromatic rings. The molecule has 0 saturated carbocycles. The highest BCUT2D eigenvalue weighted by Crippen LogP contribution is 2.23. The van der Waals surface area contributed by atoms with E-state index in [0.717, 1.165) is 0 Å². The van der Waals surface area contributed by atoms with Gasteiger partial charge >= 0.3 is 0 Å². The van der Waals surface area contributed by atoms with Crippen LogP contribution < -0.4 is 5.14 Å². The molecule has 0 aliphatic heterocycles. The summed E-state index contributed by atoms with van der Waals surface area (Å²) in [7, 11) is -4.00. The second-order valence-electron chi connectivity index (χ2n) is 4.26. The monoisotopic (exact) mass is 301 g/mol. The predicted molar refractivity (Wildman–Crippen MR) is 76.0 cm³/mol. The summed E-state index contributed by atoms with van der Waals surface area (Å²) >= 11 is 0. The molecular formula is C13H11N5O2S. The van der Waals surface area contributed by atoms with Crippen molar-refractivity contribution in [2.45, 2.75) is 5.16 Å². The molecule has 2 aromatic heterocycles. The molecule has 8 heteroatoms. The van der Waals surface area contributed by atoms with E-state index >= 15 is 0 Å². The number of sulfonamides is 1. The zero-order chi connectivity index (χ0) is 14.9. The topological polar surface area (TPSA) is 104 Å². The highest BCUT2D eigenvalue weighted by molar-refractivity contribution is 7.89. The van der Waals surface area contributed by atoms with Crippen molar-refractivity contribution < 1.29 is 8.42 Å². The van der Waals surface area contributed by atoms with Gasteiger partial charge in [0.25, 0.3) is 15.2 Å². The highest BCUT2D eigenvalue weighted by atomic mass is 32.2. The predicted octanol–water partition coefficient (Wildman–Crippen LogP) is 0.977. The van der Waals surface area contributed by atoms with Gasteiger partial charge < -0.3 is 0 Å². The lowest BCUT2D eigenvalue weighted by atomic mass is 10.2. The van der Waals surface area contributed by atoms with Crippen LogP contribution in [-0.2, 0) is 10.0 Å². The van der Waals surface area contributed by atoms with Crippen molar-refractivity contribution in [3.05, 3.63) is 54.9 Å². The Labute approximate surface area is 121 Å². The van der Waals surface area contributed by atoms with Crippen LogP contribution in [0.2, 0.25) is 0 Å². The summed E-state index contributed by atoms with van der Waals surface area (Å²) in [5.41, 5.74) is 1.30. The van der Waals surface area contributed by atoms with Gasteiger partial charge in [-0.25, -0.2) is 13.6 Å². The Bertz CT molecular complexity index is 860. The fraction of sp³-hybridized carbons (Fsp3) is 0. The molecule has 0 aliphatic carbocycles. The molecule has 0 atom stereocenters. The first kappa shape index (κ1) is 13.4. The minimum Gasteiger partial charge on any atom is -0.265 e. The molecule has 106 valence electrons. The molecule has 21 heavy (non-hydrogen) atoms. The second kappa shape index (κ2) is 5.08. The van der Waals surface area contributed by atoms with E-state index in [1.54, 1.807) is 48.8 Å². The Hall–Kier alpha value is -2.58. The second-order valence-corrected chi connectivity index (χ2v) is 5.71. The van der Waals surface area contributed by atoms with Gasteiger partial charge in [-0.05, 0) is 24.3 Å². The van der Waals surface area contributed by atoms with Gasteiger partial charge in [-0.1, -0.05) is 18.2 Å². The van der Waals surface area contributed by atoms with E-state index in [1.807, 2.05) is 6.07 Å². The van der Waals surface area contributed by atoms with Crippen molar-refractivity contribution in [2.24, 2.45) is 5.14 Å². The van der Waals surface area contributed by atoms with E-state index in [9.17, 15) is 8.42 Å². The van der Waals surface area contributed by atoms with Gasteiger partial charge in [0.15, 0.2) is 5.82 Å². The van der Waals surface area contributed by atoms with Crippen molar-refractivity contribution in [1.29, 1.82) is 0 Å². The van der Waals surface area contributed by atoms with E-state index < -0.39 is 10.0 Å². The number of rotatable bonds is 3. The Morgan fingerprint density at radius 1 is 0.952 bits per heavy atom. The van der Waals surface area contributed by atoms with Crippen molar-refractivity contribution in [1.82, 2.24) is 19.7 Å². The fourth-order valence-corrected chi connectivity index (χ4v) is 2.55. The number of pyridine rings is 1. The smallest absolute Gasteiger partial charge is 0.265 e. The largest absolute Gasteiger partial charge is 0.274 e. The first-order chi connectivity index (χ1) is 10.1. The number of aromatic nitrogens is 4. The standard InChI is InChI=1S/C13H11N5O2S/c14-21(19,20)13-17-16-12(10-6-8-15-9-7-10)18(13)11-4-2-1-3-5-11/h1-9H,(H2,14,19,20). The number of hydrogen-bond acceptors (Lipinski definition) is 5. The lowest BCUT2D eigenvalue weighted by Crippen LogP contribution is -2.18. The Kier molecular flexibility index (Phi) is 3.24. The van der Waals surface area contributed by atoms with Crippen molar-refractivity contribution >= 4 is 10.0 Å². The van der Waals surface area contributed by atoms with Crippen LogP contribution in [0, 0.1) is 0 Å². The van der Waals surface area contributed by atoms with E-state index in [-0.39, 0.29) is 5.16 Å². The van der Waals surface area contributed by atoms with Crippen LogP contribution in [0.5, 0.6) is 0 Å². The first-order valence-corrected chi connectivity index (χ1v) is 7.56. The van der Waals surface area contributed by atoms with Crippen molar-refractivity contribution in [3.8, 4) is 17.1 Å². The average molecular weight is 301 g/mol. The Balaban J connectivity index is 2.31. The minimum atomic E-state index is -4.00. The van der Waals surface area contributed by atoms with Crippen LogP contribution >= 0.6 is 0 Å². The molecule has 3 rings (SSSR count). The number of nitrogens with zero attached hydrogens (tertiary/aromatic N) is 4. The molecule has 2 N–H and O–H groups in total. The molecule has 2 heterocycles. The molecule has 0 aliphatic rings. The SMILES string of the molecule is NS(=O)(=O)c1nnc(-c2ccncc2)n1-c1ccccc1. The Morgan fingerprint density at radius 2 is 1.62 bits per heavy atom. The summed E-state index contributed by atoms with van der Waals surface area (Å²) in [4.78, 5) is 3.93. The van der Waals surface area contributed by atoms with Crippen LogP contribution in [-0.4, -0.2) is 28.2 Å². The molecule has 7 nitrogen and oxygen atoms in total. The number of hydrogen-bond donors (Lipinski definition) is 1. The van der Waals surface area contributed by atoms with E-state index in [4.69, 9.17) is 5.14 Å². The number of primary sulfonamides is 1. The average Bonchev–Trinajstić information content (AvgIpc) is 2.94. The molecule has 0 saturated heterocycles. The minimum absolute atomic E-state index is 0.305. The maximum atomic E-state index is 11.7. The first-order valence-electron chi connectivity index (χ1n) is 6.01. The number of benzene rings is 1. The summed E-state index contributed by atoms with van der Waals surface area (Å²) in [6.07, 6.45) is 3.19. The third-order valence-corrected chi connectivity index (χ3v) is 3.61. The molecule has 0 fully saturated rings. The zero-order valence-corrected chi connectivity index (χ0v) is 11.6. The van der Waals surface area contributed by atoms with Gasteiger partial charge in [0.05, 0.1) is 0 Å². The summed E-state index contributed by atoms with van der Waals surface area (Å²) < 4.78 is 24.8. The number of para-hydroxylation sites is 1. The summed E-state index contributed by atoms with van der Waals surface area (Å²) in [6, 6.07) is 12.4. The van der Waals surface area contributed by atoms with Gasteiger partial charge in [0.1, 0.15) is 0 Å². The maximum Gasteiger partial charge on any atom is 0.274 e. The van der Waals surface area contributed by atoms with E-state index in [1.165, 1.54) is 4.57 Å². The normalized spacial score (nSPS) is 11.5. The third kappa shape index (κ3) is 2.54. The summed E-state index contributed by atoms with van der Waals surface area (Å²) in [5, 5.41) is 12.6. The summed E-state index contributed by atoms with van der Waals surface area (Å²) in [6.45, 7) is 0. The van der Waals surface area contributed by atoms with Gasteiger partial charge in [-0.2, -0.15) is 0 Å². The van der Waals surface area contributed by atoms with Crippen molar-refractivity contribution in [3.63, 3.8) is 0 Å². The quantitative estimate of drug-likeness (QED) is 0.776. The van der Waals surface area contributed by atoms with Gasteiger partial charge in [0.2, 0.25) is 0 Å².